The van der Waals surface area contributed by atoms with E-state index in [0.29, 0.717) is 6.42 Å². The maximum Gasteiger partial charge on any atom is 0.220 e. The molecule has 1 aliphatic carbocycles. The molecule has 1 aromatic heterocycles. The van der Waals surface area contributed by atoms with Crippen LogP contribution in [0.5, 0.6) is 0 Å². The number of carbonyl (C=O) groups is 1. The van der Waals surface area contributed by atoms with Gasteiger partial charge in [-0.1, -0.05) is 12.8 Å². The Balaban J connectivity index is 1.57. The first kappa shape index (κ1) is 17.4. The number of ether oxygens (including phenoxy) is 1. The Morgan fingerprint density at radius 3 is 2.62 bits per heavy atom. The Bertz CT molecular complexity index is 523. The van der Waals surface area contributed by atoms with Crippen LogP contribution < -0.4 is 5.32 Å². The fourth-order valence-corrected chi connectivity index (χ4v) is 4.27. The van der Waals surface area contributed by atoms with E-state index in [2.05, 4.69) is 22.1 Å². The molecule has 1 N–H and O–H groups in total. The van der Waals surface area contributed by atoms with E-state index < -0.39 is 0 Å². The summed E-state index contributed by atoms with van der Waals surface area (Å²) in [7, 11) is 0. The highest BCUT2D eigenvalue weighted by atomic mass is 16.5. The largest absolute Gasteiger partial charge is 0.379 e. The van der Waals surface area contributed by atoms with E-state index in [1.165, 1.54) is 25.7 Å². The van der Waals surface area contributed by atoms with Crippen LogP contribution in [-0.2, 0) is 16.0 Å². The molecule has 2 aliphatic rings. The monoisotopic (exact) mass is 331 g/mol. The van der Waals surface area contributed by atoms with Gasteiger partial charge in [0.05, 0.1) is 13.2 Å². The molecule has 2 heterocycles. The number of rotatable bonds is 6. The van der Waals surface area contributed by atoms with Crippen molar-refractivity contribution >= 4 is 5.91 Å². The molecule has 5 nitrogen and oxygen atoms in total. The lowest BCUT2D eigenvalue weighted by molar-refractivity contribution is -0.123. The number of morpholine rings is 1. The predicted octanol–water partition coefficient (Wildman–Crippen LogP) is 2.16. The lowest BCUT2D eigenvalue weighted by Crippen LogP contribution is -2.62. The fraction of sp³-hybridized carbons (Fsp3) is 0.684. The van der Waals surface area contributed by atoms with Crippen molar-refractivity contribution in [3.8, 4) is 0 Å². The Kier molecular flexibility index (Phi) is 5.85. The van der Waals surface area contributed by atoms with Gasteiger partial charge in [0.1, 0.15) is 0 Å². The molecule has 1 saturated heterocycles. The minimum atomic E-state index is 0.121. The van der Waals surface area contributed by atoms with Gasteiger partial charge in [-0.05, 0) is 43.9 Å². The van der Waals surface area contributed by atoms with Gasteiger partial charge in [-0.25, -0.2) is 0 Å². The molecule has 1 aliphatic heterocycles. The van der Waals surface area contributed by atoms with Crippen molar-refractivity contribution in [2.24, 2.45) is 0 Å². The average molecular weight is 331 g/mol. The number of pyridine rings is 1. The van der Waals surface area contributed by atoms with Crippen molar-refractivity contribution in [1.82, 2.24) is 15.2 Å². The maximum atomic E-state index is 12.4. The van der Waals surface area contributed by atoms with Gasteiger partial charge in [0.2, 0.25) is 5.91 Å². The van der Waals surface area contributed by atoms with E-state index in [4.69, 9.17) is 4.74 Å². The van der Waals surface area contributed by atoms with E-state index in [9.17, 15) is 4.79 Å². The van der Waals surface area contributed by atoms with Crippen molar-refractivity contribution in [2.75, 3.05) is 26.3 Å². The highest BCUT2D eigenvalue weighted by molar-refractivity contribution is 5.76. The zero-order valence-corrected chi connectivity index (χ0v) is 14.7. The number of aromatic nitrogens is 1. The summed E-state index contributed by atoms with van der Waals surface area (Å²) in [5, 5.41) is 3.29. The Morgan fingerprint density at radius 1 is 1.29 bits per heavy atom. The third kappa shape index (κ3) is 3.95. The van der Waals surface area contributed by atoms with E-state index in [-0.39, 0.29) is 17.5 Å². The molecular formula is C19H29N3O2. The van der Waals surface area contributed by atoms with Crippen molar-refractivity contribution in [2.45, 2.75) is 57.0 Å². The highest BCUT2D eigenvalue weighted by Crippen LogP contribution is 2.38. The summed E-state index contributed by atoms with van der Waals surface area (Å²) in [5.74, 6) is 0.152. The number of carbonyl (C=O) groups excluding carboxylic acids is 1. The van der Waals surface area contributed by atoms with Gasteiger partial charge in [-0.15, -0.1) is 0 Å². The molecule has 132 valence electrons. The first-order valence-electron chi connectivity index (χ1n) is 9.22. The normalized spacial score (nSPS) is 22.2. The van der Waals surface area contributed by atoms with Gasteiger partial charge in [0.15, 0.2) is 0 Å². The van der Waals surface area contributed by atoms with Crippen LogP contribution >= 0.6 is 0 Å². The van der Waals surface area contributed by atoms with Crippen LogP contribution in [0.2, 0.25) is 0 Å². The average Bonchev–Trinajstić information content (AvgIpc) is 3.13. The molecule has 3 rings (SSSR count). The van der Waals surface area contributed by atoms with Gasteiger partial charge < -0.3 is 10.1 Å². The minimum Gasteiger partial charge on any atom is -0.379 e. The molecule has 0 aromatic carbocycles. The summed E-state index contributed by atoms with van der Waals surface area (Å²) >= 11 is 0. The van der Waals surface area contributed by atoms with Crippen molar-refractivity contribution in [3.63, 3.8) is 0 Å². The number of amides is 1. The second kappa shape index (κ2) is 8.08. The summed E-state index contributed by atoms with van der Waals surface area (Å²) in [5.41, 5.74) is 1.28. The molecule has 0 bridgehead atoms. The summed E-state index contributed by atoms with van der Waals surface area (Å²) in [6, 6.07) is 4.13. The topological polar surface area (TPSA) is 54.5 Å². The third-order valence-electron chi connectivity index (χ3n) is 5.68. The van der Waals surface area contributed by atoms with Crippen LogP contribution in [0.1, 0.15) is 44.6 Å². The summed E-state index contributed by atoms with van der Waals surface area (Å²) in [6.45, 7) is 5.77. The standard InChI is InChI=1S/C19H29N3O2/c1-16(21-18(23)5-4-17-6-10-20-11-7-17)19(8-2-3-9-19)22-12-14-24-15-13-22/h6-7,10-11,16H,2-5,8-9,12-15H2,1H3,(H,21,23)/t16-/m1/s1. The molecule has 1 saturated carbocycles. The lowest BCUT2D eigenvalue weighted by Gasteiger charge is -2.47. The zero-order chi connectivity index (χ0) is 16.8. The van der Waals surface area contributed by atoms with E-state index in [1.807, 2.05) is 12.1 Å². The quantitative estimate of drug-likeness (QED) is 0.868. The van der Waals surface area contributed by atoms with Crippen LogP contribution in [0.25, 0.3) is 0 Å². The summed E-state index contributed by atoms with van der Waals surface area (Å²) in [6.07, 6.45) is 9.74. The number of hydrogen-bond acceptors (Lipinski definition) is 4. The maximum absolute atomic E-state index is 12.4. The van der Waals surface area contributed by atoms with Crippen LogP contribution in [0.3, 0.4) is 0 Å². The van der Waals surface area contributed by atoms with Crippen LogP contribution in [0, 0.1) is 0 Å². The van der Waals surface area contributed by atoms with Crippen molar-refractivity contribution in [3.05, 3.63) is 30.1 Å². The van der Waals surface area contributed by atoms with Crippen molar-refractivity contribution in [1.29, 1.82) is 0 Å². The molecule has 1 amide bonds. The molecule has 2 fully saturated rings. The third-order valence-corrected chi connectivity index (χ3v) is 5.68. The summed E-state index contributed by atoms with van der Waals surface area (Å²) in [4.78, 5) is 19.0. The number of aryl methyl sites for hydroxylation is 1. The number of nitrogens with one attached hydrogen (secondary N) is 1. The van der Waals surface area contributed by atoms with Gasteiger partial charge >= 0.3 is 0 Å². The van der Waals surface area contributed by atoms with E-state index in [0.717, 1.165) is 38.3 Å². The van der Waals surface area contributed by atoms with Crippen LogP contribution in [0.4, 0.5) is 0 Å². The minimum absolute atomic E-state index is 0.121. The SMILES string of the molecule is C[C@@H](NC(=O)CCc1ccncc1)C1(N2CCOCC2)CCCC1. The van der Waals surface area contributed by atoms with Crippen LogP contribution in [0.15, 0.2) is 24.5 Å². The second-order valence-corrected chi connectivity index (χ2v) is 7.05. The summed E-state index contributed by atoms with van der Waals surface area (Å²) < 4.78 is 5.52. The molecule has 0 radical (unpaired) electrons. The van der Waals surface area contributed by atoms with Gasteiger partial charge in [0.25, 0.3) is 0 Å². The fourth-order valence-electron chi connectivity index (χ4n) is 4.27. The first-order chi connectivity index (χ1) is 11.7. The zero-order valence-electron chi connectivity index (χ0n) is 14.7. The highest BCUT2D eigenvalue weighted by Gasteiger charge is 2.44. The Hall–Kier alpha value is -1.46. The molecular weight excluding hydrogens is 302 g/mol. The smallest absolute Gasteiger partial charge is 0.220 e. The Morgan fingerprint density at radius 2 is 1.96 bits per heavy atom. The van der Waals surface area contributed by atoms with Crippen LogP contribution in [-0.4, -0.2) is 53.7 Å². The van der Waals surface area contributed by atoms with E-state index in [1.54, 1.807) is 12.4 Å². The number of hydrogen-bond donors (Lipinski definition) is 1. The lowest BCUT2D eigenvalue weighted by atomic mass is 9.86. The molecule has 1 aromatic rings. The van der Waals surface area contributed by atoms with Gasteiger partial charge in [-0.2, -0.15) is 0 Å². The van der Waals surface area contributed by atoms with Gasteiger partial charge in [-0.3, -0.25) is 14.7 Å². The molecule has 5 heteroatoms. The second-order valence-electron chi connectivity index (χ2n) is 7.05. The molecule has 0 unspecified atom stereocenters. The predicted molar refractivity (Wildman–Crippen MR) is 93.8 cm³/mol. The molecule has 24 heavy (non-hydrogen) atoms. The van der Waals surface area contributed by atoms with Crippen molar-refractivity contribution < 1.29 is 9.53 Å². The van der Waals surface area contributed by atoms with Gasteiger partial charge in [0, 0.05) is 43.5 Å². The Labute approximate surface area is 144 Å². The van der Waals surface area contributed by atoms with E-state index >= 15 is 0 Å². The molecule has 1 atom stereocenters. The first-order valence-corrected chi connectivity index (χ1v) is 9.22. The number of nitrogens with zero attached hydrogens (tertiary/aromatic N) is 2. The molecule has 0 spiro atoms.